The Morgan fingerprint density at radius 3 is 2.30 bits per heavy atom. The van der Waals surface area contributed by atoms with Crippen LogP contribution in [0.5, 0.6) is 6.01 Å². The zero-order chi connectivity index (χ0) is 20.4. The smallest absolute Gasteiger partial charge is 0.389 e. The molecule has 5 nitrogen and oxygen atoms in total. The number of nitrogens with one attached hydrogen (secondary N) is 1. The summed E-state index contributed by atoms with van der Waals surface area (Å²) in [5, 5.41) is -0.723. The molecule has 2 aromatic rings. The predicted molar refractivity (Wildman–Crippen MR) is 92.9 cm³/mol. The van der Waals surface area contributed by atoms with Crippen LogP contribution in [0, 0.1) is 11.6 Å². The quantitative estimate of drug-likeness (QED) is 0.427. The summed E-state index contributed by atoms with van der Waals surface area (Å²) in [7, 11) is 0. The number of alkyl halides is 2. The lowest BCUT2D eigenvalue weighted by molar-refractivity contribution is -0.0561. The summed E-state index contributed by atoms with van der Waals surface area (Å²) in [6, 6.07) is 0.438. The summed E-state index contributed by atoms with van der Waals surface area (Å²) in [6.07, 6.45) is 2.22. The fourth-order valence-electron chi connectivity index (χ4n) is 1.97. The largest absolute Gasteiger partial charge is 0.598 e. The van der Waals surface area contributed by atoms with Crippen molar-refractivity contribution in [2.45, 2.75) is 38.2 Å². The fraction of sp³-hybridized carbons (Fsp3) is 0.375. The number of hydrogen-bond donors (Lipinski definition) is 1. The maximum Gasteiger partial charge on any atom is 0.389 e. The van der Waals surface area contributed by atoms with E-state index in [0.29, 0.717) is 0 Å². The number of benzene rings is 1. The lowest BCUT2D eigenvalue weighted by Gasteiger charge is -2.28. The van der Waals surface area contributed by atoms with Crippen molar-refractivity contribution in [3.05, 3.63) is 52.3 Å². The van der Waals surface area contributed by atoms with Gasteiger partial charge in [-0.15, -0.1) is 4.72 Å². The van der Waals surface area contributed by atoms with Crippen LogP contribution in [-0.4, -0.2) is 25.9 Å². The average molecular weight is 426 g/mol. The Labute approximate surface area is 161 Å². The minimum atomic E-state index is -3.11. The van der Waals surface area contributed by atoms with Crippen LogP contribution in [0.1, 0.15) is 37.9 Å². The van der Waals surface area contributed by atoms with Crippen LogP contribution >= 0.6 is 11.6 Å². The van der Waals surface area contributed by atoms with Crippen molar-refractivity contribution in [3.8, 4) is 6.01 Å². The molecule has 2 atom stereocenters. The summed E-state index contributed by atoms with van der Waals surface area (Å²) < 4.78 is 71.0. The Balaban J connectivity index is 2.46. The van der Waals surface area contributed by atoms with Crippen LogP contribution in [-0.2, 0) is 11.4 Å². The summed E-state index contributed by atoms with van der Waals surface area (Å²) in [5.74, 6) is -2.00. The standard InChI is InChI=1S/C16H16ClF4N3O2S/c1-16(2,3)27(25)24-13(9-4-5-10(18)11(17)12(9)19)8-6-22-15(23-7-8)26-14(20)21/h4-7,13-14,24H,1-3H3/t13-,27?/m1/s1. The Kier molecular flexibility index (Phi) is 6.90. The van der Waals surface area contributed by atoms with Crippen LogP contribution in [0.25, 0.3) is 0 Å². The Morgan fingerprint density at radius 2 is 1.78 bits per heavy atom. The van der Waals surface area contributed by atoms with Gasteiger partial charge in [0.15, 0.2) is 0 Å². The number of ether oxygens (including phenoxy) is 1. The molecular weight excluding hydrogens is 410 g/mol. The molecule has 0 saturated carbocycles. The highest BCUT2D eigenvalue weighted by molar-refractivity contribution is 7.90. The van der Waals surface area contributed by atoms with Crippen LogP contribution in [0.4, 0.5) is 17.6 Å². The van der Waals surface area contributed by atoms with E-state index in [1.54, 1.807) is 20.8 Å². The van der Waals surface area contributed by atoms with Gasteiger partial charge in [0.05, 0.1) is 0 Å². The van der Waals surface area contributed by atoms with Gasteiger partial charge in [-0.05, 0) is 26.8 Å². The molecule has 0 bridgehead atoms. The molecule has 0 fully saturated rings. The van der Waals surface area contributed by atoms with Crippen molar-refractivity contribution in [3.63, 3.8) is 0 Å². The number of rotatable bonds is 6. The summed E-state index contributed by atoms with van der Waals surface area (Å²) in [6.45, 7) is 1.97. The monoisotopic (exact) mass is 425 g/mol. The minimum absolute atomic E-state index is 0.106. The van der Waals surface area contributed by atoms with Crippen LogP contribution in [0.2, 0.25) is 5.02 Å². The van der Waals surface area contributed by atoms with Gasteiger partial charge in [0.2, 0.25) is 0 Å². The summed E-state index contributed by atoms with van der Waals surface area (Å²) in [4.78, 5) is 7.25. The molecular formula is C16H16ClF4N3O2S. The molecule has 11 heteroatoms. The average Bonchev–Trinajstić information content (AvgIpc) is 2.57. The number of halogens is 5. The van der Waals surface area contributed by atoms with E-state index in [0.717, 1.165) is 24.5 Å². The topological polar surface area (TPSA) is 70.1 Å². The first-order chi connectivity index (χ1) is 12.5. The molecule has 1 unspecified atom stereocenters. The van der Waals surface area contributed by atoms with Crippen molar-refractivity contribution in [1.82, 2.24) is 14.7 Å². The van der Waals surface area contributed by atoms with Crippen molar-refractivity contribution >= 4 is 23.0 Å². The molecule has 0 spiro atoms. The number of nitrogens with zero attached hydrogens (tertiary/aromatic N) is 2. The molecule has 0 radical (unpaired) electrons. The first-order valence-electron chi connectivity index (χ1n) is 7.59. The summed E-state index contributed by atoms with van der Waals surface area (Å²) >= 11 is 3.97. The molecule has 1 aromatic carbocycles. The molecule has 1 N–H and O–H groups in total. The third kappa shape index (κ3) is 5.44. The van der Waals surface area contributed by atoms with Gasteiger partial charge in [-0.3, -0.25) is 0 Å². The third-order valence-corrected chi connectivity index (χ3v) is 5.24. The second kappa shape index (κ2) is 8.59. The van der Waals surface area contributed by atoms with Gasteiger partial charge in [-0.2, -0.15) is 8.78 Å². The van der Waals surface area contributed by atoms with E-state index >= 15 is 0 Å². The van der Waals surface area contributed by atoms with Crippen LogP contribution in [0.3, 0.4) is 0 Å². The van der Waals surface area contributed by atoms with Gasteiger partial charge in [0.1, 0.15) is 27.4 Å². The van der Waals surface area contributed by atoms with Gasteiger partial charge >= 0.3 is 12.6 Å². The first kappa shape index (κ1) is 21.7. The van der Waals surface area contributed by atoms with Crippen molar-refractivity contribution in [2.75, 3.05) is 0 Å². The third-order valence-electron chi connectivity index (χ3n) is 3.33. The lowest BCUT2D eigenvalue weighted by Crippen LogP contribution is -2.41. The van der Waals surface area contributed by atoms with Gasteiger partial charge in [0, 0.05) is 34.9 Å². The van der Waals surface area contributed by atoms with Gasteiger partial charge in [-0.1, -0.05) is 17.7 Å². The maximum atomic E-state index is 14.5. The zero-order valence-corrected chi connectivity index (χ0v) is 16.0. The molecule has 0 amide bonds. The van der Waals surface area contributed by atoms with E-state index in [-0.39, 0.29) is 11.1 Å². The van der Waals surface area contributed by atoms with E-state index in [1.807, 2.05) is 0 Å². The molecule has 2 rings (SSSR count). The van der Waals surface area contributed by atoms with Crippen molar-refractivity contribution in [1.29, 1.82) is 0 Å². The van der Waals surface area contributed by atoms with Gasteiger partial charge in [0.25, 0.3) is 0 Å². The van der Waals surface area contributed by atoms with Crippen molar-refractivity contribution < 1.29 is 26.9 Å². The second-order valence-corrected chi connectivity index (χ2v) is 8.75. The highest BCUT2D eigenvalue weighted by Gasteiger charge is 2.33. The number of aromatic nitrogens is 2. The van der Waals surface area contributed by atoms with Crippen molar-refractivity contribution in [2.24, 2.45) is 0 Å². The Morgan fingerprint density at radius 1 is 1.19 bits per heavy atom. The molecule has 0 aliphatic carbocycles. The fourth-order valence-corrected chi connectivity index (χ4v) is 2.98. The first-order valence-corrected chi connectivity index (χ1v) is 9.11. The lowest BCUT2D eigenvalue weighted by atomic mass is 10.0. The van der Waals surface area contributed by atoms with Gasteiger partial charge in [-0.25, -0.2) is 18.7 Å². The summed E-state index contributed by atoms with van der Waals surface area (Å²) in [5.41, 5.74) is 0.0842. The second-order valence-electron chi connectivity index (χ2n) is 6.37. The van der Waals surface area contributed by atoms with Gasteiger partial charge < -0.3 is 9.29 Å². The zero-order valence-electron chi connectivity index (χ0n) is 14.5. The molecule has 0 aliphatic rings. The Hall–Kier alpha value is -1.62. The van der Waals surface area contributed by atoms with E-state index in [9.17, 15) is 22.1 Å². The van der Waals surface area contributed by atoms with E-state index in [4.69, 9.17) is 11.6 Å². The highest BCUT2D eigenvalue weighted by atomic mass is 35.5. The Bertz CT molecular complexity index is 790. The SMILES string of the molecule is CC(C)(C)[S+]([O-])N[C@H](c1cnc(OC(F)F)nc1)c1ccc(F)c(Cl)c1F. The minimum Gasteiger partial charge on any atom is -0.598 e. The van der Waals surface area contributed by atoms with E-state index in [1.165, 1.54) is 0 Å². The van der Waals surface area contributed by atoms with E-state index in [2.05, 4.69) is 19.4 Å². The van der Waals surface area contributed by atoms with Crippen LogP contribution < -0.4 is 9.46 Å². The van der Waals surface area contributed by atoms with Crippen LogP contribution in [0.15, 0.2) is 24.5 Å². The molecule has 0 saturated heterocycles. The molecule has 1 aromatic heterocycles. The molecule has 1 heterocycles. The van der Waals surface area contributed by atoms with E-state index < -0.39 is 51.4 Å². The molecule has 27 heavy (non-hydrogen) atoms. The maximum absolute atomic E-state index is 14.5. The molecule has 0 aliphatic heterocycles. The molecule has 148 valence electrons. The predicted octanol–water partition coefficient (Wildman–Crippen LogP) is 4.15. The normalized spacial score (nSPS) is 14.3. The number of hydrogen-bond acceptors (Lipinski definition) is 5. The highest BCUT2D eigenvalue weighted by Crippen LogP contribution is 2.31.